The van der Waals surface area contributed by atoms with Crippen molar-refractivity contribution in [3.05, 3.63) is 28.2 Å². The Bertz CT molecular complexity index is 439. The second kappa shape index (κ2) is 5.52. The SMILES string of the molecule is Cc1cc(N2CCNC(CC#N)C2)ccc1Br. The molecule has 0 bridgehead atoms. The Morgan fingerprint density at radius 3 is 3.12 bits per heavy atom. The van der Waals surface area contributed by atoms with E-state index in [1.165, 1.54) is 11.3 Å². The molecule has 1 aromatic rings. The normalized spacial score (nSPS) is 20.1. The zero-order chi connectivity index (χ0) is 12.3. The summed E-state index contributed by atoms with van der Waals surface area (Å²) in [6.45, 7) is 4.96. The number of hydrogen-bond acceptors (Lipinski definition) is 3. The van der Waals surface area contributed by atoms with Gasteiger partial charge < -0.3 is 10.2 Å². The Morgan fingerprint density at radius 2 is 2.41 bits per heavy atom. The maximum Gasteiger partial charge on any atom is 0.0638 e. The summed E-state index contributed by atoms with van der Waals surface area (Å²) in [5.41, 5.74) is 2.49. The van der Waals surface area contributed by atoms with Crippen LogP contribution in [0.1, 0.15) is 12.0 Å². The second-order valence-corrected chi connectivity index (χ2v) is 5.25. The van der Waals surface area contributed by atoms with E-state index in [4.69, 9.17) is 5.26 Å². The van der Waals surface area contributed by atoms with Crippen LogP contribution in [0.2, 0.25) is 0 Å². The van der Waals surface area contributed by atoms with Crippen molar-refractivity contribution in [1.82, 2.24) is 5.32 Å². The smallest absolute Gasteiger partial charge is 0.0638 e. The molecular formula is C13H16BrN3. The van der Waals surface area contributed by atoms with Crippen LogP contribution < -0.4 is 10.2 Å². The van der Waals surface area contributed by atoms with Crippen LogP contribution >= 0.6 is 15.9 Å². The van der Waals surface area contributed by atoms with Crippen LogP contribution in [0, 0.1) is 18.3 Å². The van der Waals surface area contributed by atoms with Crippen molar-refractivity contribution in [3.63, 3.8) is 0 Å². The van der Waals surface area contributed by atoms with Crippen molar-refractivity contribution in [1.29, 1.82) is 5.26 Å². The third-order valence-electron chi connectivity index (χ3n) is 3.10. The third kappa shape index (κ3) is 2.99. The van der Waals surface area contributed by atoms with E-state index in [0.717, 1.165) is 24.1 Å². The number of rotatable bonds is 2. The van der Waals surface area contributed by atoms with Gasteiger partial charge in [-0.1, -0.05) is 15.9 Å². The average molecular weight is 294 g/mol. The van der Waals surface area contributed by atoms with Crippen LogP contribution in [0.5, 0.6) is 0 Å². The number of anilines is 1. The van der Waals surface area contributed by atoms with Gasteiger partial charge in [-0.3, -0.25) is 0 Å². The summed E-state index contributed by atoms with van der Waals surface area (Å²) in [4.78, 5) is 2.35. The van der Waals surface area contributed by atoms with Crippen LogP contribution in [0.3, 0.4) is 0 Å². The lowest BCUT2D eigenvalue weighted by molar-refractivity contribution is 0.463. The Balaban J connectivity index is 2.11. The predicted molar refractivity (Wildman–Crippen MR) is 73.1 cm³/mol. The van der Waals surface area contributed by atoms with E-state index in [1.807, 2.05) is 0 Å². The molecule has 17 heavy (non-hydrogen) atoms. The molecule has 1 heterocycles. The van der Waals surface area contributed by atoms with Gasteiger partial charge >= 0.3 is 0 Å². The van der Waals surface area contributed by atoms with Gasteiger partial charge in [0.05, 0.1) is 12.5 Å². The van der Waals surface area contributed by atoms with E-state index in [-0.39, 0.29) is 6.04 Å². The zero-order valence-electron chi connectivity index (χ0n) is 9.91. The van der Waals surface area contributed by atoms with Crippen molar-refractivity contribution in [2.75, 3.05) is 24.5 Å². The van der Waals surface area contributed by atoms with Gasteiger partial charge in [0, 0.05) is 35.8 Å². The fraction of sp³-hybridized carbons (Fsp3) is 0.462. The Kier molecular flexibility index (Phi) is 4.03. The van der Waals surface area contributed by atoms with Gasteiger partial charge in [0.25, 0.3) is 0 Å². The number of piperazine rings is 1. The minimum atomic E-state index is 0.290. The van der Waals surface area contributed by atoms with Crippen molar-refractivity contribution < 1.29 is 0 Å². The first-order valence-corrected chi connectivity index (χ1v) is 6.61. The first-order valence-electron chi connectivity index (χ1n) is 5.82. The summed E-state index contributed by atoms with van der Waals surface area (Å²) in [6.07, 6.45) is 0.575. The molecule has 0 saturated carbocycles. The summed E-state index contributed by atoms with van der Waals surface area (Å²) < 4.78 is 1.14. The molecular weight excluding hydrogens is 278 g/mol. The van der Waals surface area contributed by atoms with Gasteiger partial charge in [-0.15, -0.1) is 0 Å². The van der Waals surface area contributed by atoms with E-state index in [2.05, 4.69) is 57.3 Å². The molecule has 2 rings (SSSR count). The van der Waals surface area contributed by atoms with Gasteiger partial charge in [0.2, 0.25) is 0 Å². The number of aryl methyl sites for hydroxylation is 1. The molecule has 1 aromatic carbocycles. The predicted octanol–water partition coefficient (Wildman–Crippen LogP) is 2.45. The summed E-state index contributed by atoms with van der Waals surface area (Å²) in [7, 11) is 0. The maximum absolute atomic E-state index is 8.74. The third-order valence-corrected chi connectivity index (χ3v) is 3.99. The zero-order valence-corrected chi connectivity index (χ0v) is 11.5. The molecule has 1 aliphatic rings. The van der Waals surface area contributed by atoms with Gasteiger partial charge in [-0.25, -0.2) is 0 Å². The highest BCUT2D eigenvalue weighted by Crippen LogP contribution is 2.23. The van der Waals surface area contributed by atoms with E-state index in [0.29, 0.717) is 6.42 Å². The molecule has 4 heteroatoms. The minimum Gasteiger partial charge on any atom is -0.369 e. The van der Waals surface area contributed by atoms with E-state index in [9.17, 15) is 0 Å². The molecule has 1 saturated heterocycles. The number of hydrogen-bond donors (Lipinski definition) is 1. The molecule has 0 radical (unpaired) electrons. The van der Waals surface area contributed by atoms with Gasteiger partial charge in [-0.2, -0.15) is 5.26 Å². The monoisotopic (exact) mass is 293 g/mol. The first-order chi connectivity index (χ1) is 8.20. The highest BCUT2D eigenvalue weighted by molar-refractivity contribution is 9.10. The Hall–Kier alpha value is -1.05. The highest BCUT2D eigenvalue weighted by atomic mass is 79.9. The van der Waals surface area contributed by atoms with E-state index < -0.39 is 0 Å². The quantitative estimate of drug-likeness (QED) is 0.910. The van der Waals surface area contributed by atoms with Crippen molar-refractivity contribution >= 4 is 21.6 Å². The maximum atomic E-state index is 8.74. The molecule has 1 atom stereocenters. The molecule has 90 valence electrons. The van der Waals surface area contributed by atoms with Crippen molar-refractivity contribution in [2.45, 2.75) is 19.4 Å². The molecule has 0 spiro atoms. The first kappa shape index (κ1) is 12.4. The molecule has 1 aliphatic heterocycles. The van der Waals surface area contributed by atoms with Crippen LogP contribution in [-0.2, 0) is 0 Å². The lowest BCUT2D eigenvalue weighted by atomic mass is 10.1. The molecule has 3 nitrogen and oxygen atoms in total. The number of nitrogens with one attached hydrogen (secondary N) is 1. The summed E-state index contributed by atoms with van der Waals surface area (Å²) in [5.74, 6) is 0. The van der Waals surface area contributed by atoms with Gasteiger partial charge in [0.1, 0.15) is 0 Å². The fourth-order valence-electron chi connectivity index (χ4n) is 2.13. The fourth-order valence-corrected chi connectivity index (χ4v) is 2.38. The van der Waals surface area contributed by atoms with Crippen molar-refractivity contribution in [3.8, 4) is 6.07 Å². The Labute approximate surface area is 111 Å². The molecule has 1 N–H and O–H groups in total. The lowest BCUT2D eigenvalue weighted by Gasteiger charge is -2.34. The number of benzene rings is 1. The largest absolute Gasteiger partial charge is 0.369 e. The van der Waals surface area contributed by atoms with Crippen LogP contribution in [-0.4, -0.2) is 25.7 Å². The van der Waals surface area contributed by atoms with Crippen LogP contribution in [0.4, 0.5) is 5.69 Å². The van der Waals surface area contributed by atoms with Crippen LogP contribution in [0.15, 0.2) is 22.7 Å². The summed E-state index contributed by atoms with van der Waals surface area (Å²) >= 11 is 3.52. The molecule has 0 amide bonds. The standard InChI is InChI=1S/C13H16BrN3/c1-10-8-12(2-3-13(10)14)17-7-6-16-11(9-17)4-5-15/h2-3,8,11,16H,4,6-7,9H2,1H3. The highest BCUT2D eigenvalue weighted by Gasteiger charge is 2.19. The number of halogens is 1. The van der Waals surface area contributed by atoms with Gasteiger partial charge in [0.15, 0.2) is 0 Å². The lowest BCUT2D eigenvalue weighted by Crippen LogP contribution is -2.50. The summed E-state index contributed by atoms with van der Waals surface area (Å²) in [5, 5.41) is 12.1. The van der Waals surface area contributed by atoms with E-state index in [1.54, 1.807) is 0 Å². The molecule has 0 aromatic heterocycles. The molecule has 1 unspecified atom stereocenters. The van der Waals surface area contributed by atoms with Crippen LogP contribution in [0.25, 0.3) is 0 Å². The van der Waals surface area contributed by atoms with E-state index >= 15 is 0 Å². The molecule has 1 fully saturated rings. The van der Waals surface area contributed by atoms with Gasteiger partial charge in [-0.05, 0) is 30.7 Å². The topological polar surface area (TPSA) is 39.1 Å². The molecule has 0 aliphatic carbocycles. The second-order valence-electron chi connectivity index (χ2n) is 4.39. The Morgan fingerprint density at radius 1 is 1.59 bits per heavy atom. The number of nitriles is 1. The summed E-state index contributed by atoms with van der Waals surface area (Å²) in [6, 6.07) is 8.94. The number of nitrogens with zero attached hydrogens (tertiary/aromatic N) is 2. The van der Waals surface area contributed by atoms with Crippen molar-refractivity contribution in [2.24, 2.45) is 0 Å². The minimum absolute atomic E-state index is 0.290. The average Bonchev–Trinajstić information content (AvgIpc) is 2.33.